The molecule has 1 aliphatic heterocycles. The molecule has 0 N–H and O–H groups in total. The lowest BCUT2D eigenvalue weighted by molar-refractivity contribution is 0.0865. The van der Waals surface area contributed by atoms with Gasteiger partial charge in [0.2, 0.25) is 0 Å². The van der Waals surface area contributed by atoms with E-state index in [0.29, 0.717) is 11.5 Å². The van der Waals surface area contributed by atoms with Crippen LogP contribution in [0, 0.1) is 5.41 Å². The van der Waals surface area contributed by atoms with Gasteiger partial charge < -0.3 is 0 Å². The Morgan fingerprint density at radius 3 is 2.00 bits per heavy atom. The Labute approximate surface area is 56.8 Å². The molecule has 9 heavy (non-hydrogen) atoms. The maximum absolute atomic E-state index is 5.03. The monoisotopic (exact) mass is 129 g/mol. The van der Waals surface area contributed by atoms with Crippen molar-refractivity contribution < 1.29 is 4.84 Å². The summed E-state index contributed by atoms with van der Waals surface area (Å²) in [5.74, 6) is 0. The number of hydroxylamine groups is 2. The average molecular weight is 129 g/mol. The largest absolute Gasteiger partial charge is 0.278 e. The molecule has 2 unspecified atom stereocenters. The van der Waals surface area contributed by atoms with E-state index in [-0.39, 0.29) is 0 Å². The lowest BCUT2D eigenvalue weighted by Crippen LogP contribution is -2.29. The Hall–Kier alpha value is -0.0800. The van der Waals surface area contributed by atoms with Gasteiger partial charge in [-0.05, 0) is 12.3 Å². The molecular weight excluding hydrogens is 114 g/mol. The van der Waals surface area contributed by atoms with E-state index in [9.17, 15) is 0 Å². The van der Waals surface area contributed by atoms with E-state index in [2.05, 4.69) is 27.7 Å². The maximum Gasteiger partial charge on any atom is 0.144 e. The van der Waals surface area contributed by atoms with Gasteiger partial charge >= 0.3 is 0 Å². The first kappa shape index (κ1) is 7.03. The van der Waals surface area contributed by atoms with E-state index in [1.165, 1.54) is 0 Å². The predicted octanol–water partition coefficient (Wildman–Crippen LogP) is 1.63. The molecule has 0 aromatic rings. The molecule has 0 bridgehead atoms. The molecule has 1 heterocycles. The molecule has 1 saturated heterocycles. The zero-order valence-corrected chi connectivity index (χ0v) is 6.64. The second-order valence-corrected chi connectivity index (χ2v) is 3.72. The molecule has 0 saturated carbocycles. The van der Waals surface area contributed by atoms with E-state index in [1.807, 2.05) is 5.06 Å². The molecular formula is C7H15NO. The minimum atomic E-state index is 0.344. The number of rotatable bonds is 1. The molecule has 0 aromatic carbocycles. The first-order chi connectivity index (χ1) is 4.02. The Morgan fingerprint density at radius 1 is 1.44 bits per heavy atom. The van der Waals surface area contributed by atoms with E-state index in [1.54, 1.807) is 0 Å². The van der Waals surface area contributed by atoms with Crippen molar-refractivity contribution in [2.45, 2.75) is 33.7 Å². The van der Waals surface area contributed by atoms with Crippen molar-refractivity contribution >= 4 is 0 Å². The fourth-order valence-electron chi connectivity index (χ4n) is 0.689. The minimum absolute atomic E-state index is 0.344. The first-order valence-corrected chi connectivity index (χ1v) is 3.41. The van der Waals surface area contributed by atoms with Gasteiger partial charge in [0.25, 0.3) is 0 Å². The molecule has 0 amide bonds. The van der Waals surface area contributed by atoms with Crippen molar-refractivity contribution in [1.82, 2.24) is 5.06 Å². The molecule has 1 rings (SSSR count). The summed E-state index contributed by atoms with van der Waals surface area (Å²) in [6.07, 6.45) is 0. The minimum Gasteiger partial charge on any atom is -0.278 e. The number of hydrogen-bond acceptors (Lipinski definition) is 2. The van der Waals surface area contributed by atoms with Crippen LogP contribution in [0.1, 0.15) is 27.7 Å². The highest BCUT2D eigenvalue weighted by molar-refractivity contribution is 4.76. The van der Waals surface area contributed by atoms with E-state index in [0.717, 1.165) is 6.73 Å². The zero-order valence-electron chi connectivity index (χ0n) is 6.64. The van der Waals surface area contributed by atoms with Crippen LogP contribution in [0.4, 0.5) is 0 Å². The molecule has 2 heteroatoms. The normalized spacial score (nSPS) is 30.0. The van der Waals surface area contributed by atoms with Crippen molar-refractivity contribution in [2.75, 3.05) is 6.73 Å². The molecule has 2 nitrogen and oxygen atoms in total. The average Bonchev–Trinajstić information content (AvgIpc) is 2.40. The Bertz CT molecular complexity index is 102. The van der Waals surface area contributed by atoms with Crippen LogP contribution in [0.15, 0.2) is 0 Å². The standard InChI is InChI=1S/C7H15NO/c1-6(7(2,3)4)8-5-9-8/h6H,5H2,1-4H3. The summed E-state index contributed by atoms with van der Waals surface area (Å²) >= 11 is 0. The van der Waals surface area contributed by atoms with Gasteiger partial charge in [0.1, 0.15) is 6.73 Å². The summed E-state index contributed by atoms with van der Waals surface area (Å²) in [6, 6.07) is 0.539. The Morgan fingerprint density at radius 2 is 1.89 bits per heavy atom. The van der Waals surface area contributed by atoms with Gasteiger partial charge in [-0.2, -0.15) is 5.06 Å². The van der Waals surface area contributed by atoms with Crippen molar-refractivity contribution in [1.29, 1.82) is 0 Å². The van der Waals surface area contributed by atoms with E-state index in [4.69, 9.17) is 4.84 Å². The summed E-state index contributed by atoms with van der Waals surface area (Å²) in [7, 11) is 0. The topological polar surface area (TPSA) is 15.5 Å². The molecule has 2 atom stereocenters. The van der Waals surface area contributed by atoms with Gasteiger partial charge in [-0.15, -0.1) is 0 Å². The quantitative estimate of drug-likeness (QED) is 0.500. The van der Waals surface area contributed by atoms with Gasteiger partial charge in [0.15, 0.2) is 0 Å². The zero-order chi connectivity index (χ0) is 7.07. The number of hydrogen-bond donors (Lipinski definition) is 0. The highest BCUT2D eigenvalue weighted by Crippen LogP contribution is 2.28. The Kier molecular flexibility index (Phi) is 1.53. The van der Waals surface area contributed by atoms with Crippen LogP contribution in [0.2, 0.25) is 0 Å². The third kappa shape index (κ3) is 1.66. The van der Waals surface area contributed by atoms with Crippen LogP contribution >= 0.6 is 0 Å². The van der Waals surface area contributed by atoms with Gasteiger partial charge in [-0.25, -0.2) is 0 Å². The smallest absolute Gasteiger partial charge is 0.144 e. The summed E-state index contributed by atoms with van der Waals surface area (Å²) in [5, 5.41) is 2.00. The summed E-state index contributed by atoms with van der Waals surface area (Å²) in [6.45, 7) is 9.67. The summed E-state index contributed by atoms with van der Waals surface area (Å²) in [5.41, 5.74) is 0.344. The van der Waals surface area contributed by atoms with Gasteiger partial charge in [0.05, 0.1) is 0 Å². The fourth-order valence-corrected chi connectivity index (χ4v) is 0.689. The second kappa shape index (κ2) is 1.96. The molecule has 0 aromatic heterocycles. The highest BCUT2D eigenvalue weighted by atomic mass is 16.8. The molecule has 1 aliphatic rings. The first-order valence-electron chi connectivity index (χ1n) is 3.41. The summed E-state index contributed by atoms with van der Waals surface area (Å²) < 4.78 is 0. The maximum atomic E-state index is 5.03. The highest BCUT2D eigenvalue weighted by Gasteiger charge is 2.34. The van der Waals surface area contributed by atoms with Crippen LogP contribution in [0.5, 0.6) is 0 Å². The lowest BCUT2D eigenvalue weighted by Gasteiger charge is -2.25. The van der Waals surface area contributed by atoms with Crippen molar-refractivity contribution in [3.05, 3.63) is 0 Å². The molecule has 0 aliphatic carbocycles. The second-order valence-electron chi connectivity index (χ2n) is 3.72. The van der Waals surface area contributed by atoms with Crippen molar-refractivity contribution in [3.8, 4) is 0 Å². The van der Waals surface area contributed by atoms with E-state index < -0.39 is 0 Å². The Balaban J connectivity index is 2.40. The molecule has 0 spiro atoms. The molecule has 0 radical (unpaired) electrons. The van der Waals surface area contributed by atoms with Crippen LogP contribution in [0.25, 0.3) is 0 Å². The van der Waals surface area contributed by atoms with Gasteiger partial charge in [0, 0.05) is 6.04 Å². The summed E-state index contributed by atoms with van der Waals surface area (Å²) in [4.78, 5) is 5.03. The van der Waals surface area contributed by atoms with Crippen LogP contribution in [0.3, 0.4) is 0 Å². The molecule has 1 fully saturated rings. The van der Waals surface area contributed by atoms with Gasteiger partial charge in [-0.3, -0.25) is 4.84 Å². The lowest BCUT2D eigenvalue weighted by atomic mass is 9.88. The SMILES string of the molecule is CC(N1CO1)C(C)(C)C. The third-order valence-electron chi connectivity index (χ3n) is 1.96. The third-order valence-corrected chi connectivity index (χ3v) is 1.96. The number of nitrogens with zero attached hydrogens (tertiary/aromatic N) is 1. The van der Waals surface area contributed by atoms with Gasteiger partial charge in [-0.1, -0.05) is 20.8 Å². The molecule has 54 valence electrons. The fraction of sp³-hybridized carbons (Fsp3) is 1.00. The van der Waals surface area contributed by atoms with Crippen LogP contribution in [-0.4, -0.2) is 17.8 Å². The van der Waals surface area contributed by atoms with Crippen LogP contribution < -0.4 is 0 Å². The van der Waals surface area contributed by atoms with Crippen molar-refractivity contribution in [2.24, 2.45) is 5.41 Å². The van der Waals surface area contributed by atoms with E-state index >= 15 is 0 Å². The van der Waals surface area contributed by atoms with Crippen molar-refractivity contribution in [3.63, 3.8) is 0 Å². The predicted molar refractivity (Wildman–Crippen MR) is 36.7 cm³/mol. The van der Waals surface area contributed by atoms with Crippen LogP contribution in [-0.2, 0) is 4.84 Å².